The molecule has 2 aromatic carbocycles. The van der Waals surface area contributed by atoms with Crippen LogP contribution in [0.25, 0.3) is 0 Å². The second-order valence-corrected chi connectivity index (χ2v) is 10.5. The lowest BCUT2D eigenvalue weighted by atomic mass is 10.1. The summed E-state index contributed by atoms with van der Waals surface area (Å²) < 4.78 is 33.7. The molecule has 10 nitrogen and oxygen atoms in total. The van der Waals surface area contributed by atoms with E-state index in [9.17, 15) is 27.6 Å². The first-order valence-corrected chi connectivity index (χ1v) is 12.8. The fraction of sp³-hybridized carbons (Fsp3) is 0.333. The molecule has 4 rings (SSSR count). The van der Waals surface area contributed by atoms with E-state index < -0.39 is 46.2 Å². The van der Waals surface area contributed by atoms with Gasteiger partial charge in [-0.05, 0) is 55.8 Å². The molecule has 1 atom stereocenters. The van der Waals surface area contributed by atoms with Gasteiger partial charge < -0.3 is 14.4 Å². The molecule has 0 N–H and O–H groups in total. The Morgan fingerprint density at radius 3 is 2.37 bits per heavy atom. The Labute approximate surface area is 202 Å². The van der Waals surface area contributed by atoms with E-state index in [1.54, 1.807) is 24.3 Å². The second-order valence-electron chi connectivity index (χ2n) is 8.27. The van der Waals surface area contributed by atoms with Crippen LogP contribution in [0.1, 0.15) is 44.4 Å². The van der Waals surface area contributed by atoms with E-state index >= 15 is 0 Å². The highest BCUT2D eigenvalue weighted by atomic mass is 32.2. The molecule has 184 valence electrons. The second kappa shape index (κ2) is 9.49. The summed E-state index contributed by atoms with van der Waals surface area (Å²) in [6, 6.07) is 10.0. The molecule has 0 bridgehead atoms. The summed E-state index contributed by atoms with van der Waals surface area (Å²) in [5.74, 6) is -1.96. The number of fused-ring (bicyclic) bond motifs is 1. The van der Waals surface area contributed by atoms with Crippen molar-refractivity contribution < 1.29 is 37.1 Å². The molecular formula is C24H24N2O8S. The van der Waals surface area contributed by atoms with Crippen molar-refractivity contribution in [3.05, 3.63) is 59.2 Å². The predicted molar refractivity (Wildman–Crippen MR) is 125 cm³/mol. The molecule has 2 aliphatic heterocycles. The molecule has 0 radical (unpaired) electrons. The number of carbonyl (C=O) groups is 4. The lowest BCUT2D eigenvalue weighted by molar-refractivity contribution is -0.134. The predicted octanol–water partition coefficient (Wildman–Crippen LogP) is 1.69. The maximum absolute atomic E-state index is 13.0. The molecule has 0 spiro atoms. The number of anilines is 1. The Hall–Kier alpha value is -3.73. The number of amides is 3. The van der Waals surface area contributed by atoms with Crippen LogP contribution in [0.4, 0.5) is 5.69 Å². The van der Waals surface area contributed by atoms with Crippen LogP contribution < -0.4 is 9.64 Å². The minimum absolute atomic E-state index is 0.0114. The zero-order valence-corrected chi connectivity index (χ0v) is 20.0. The highest BCUT2D eigenvalue weighted by Crippen LogP contribution is 2.30. The SMILES string of the molecule is CCOc1ccc(N2C(=O)c3ccc(C(=O)OCC(=O)N(C)[C@@H]4CCS(=O)(=O)C4)cc3C2=O)cc1. The summed E-state index contributed by atoms with van der Waals surface area (Å²) in [6.45, 7) is 1.75. The standard InChI is InChI=1S/C24H24N2O8S/c1-3-33-18-7-5-16(6-8-18)26-22(28)19-9-4-15(12-20(19)23(26)29)24(30)34-13-21(27)25(2)17-10-11-35(31,32)14-17/h4-9,12,17H,3,10-11,13-14H2,1-2H3/t17-/m1/s1. The number of hydrogen-bond acceptors (Lipinski definition) is 8. The Balaban J connectivity index is 1.43. The molecule has 2 heterocycles. The zero-order valence-electron chi connectivity index (χ0n) is 19.2. The van der Waals surface area contributed by atoms with Crippen molar-refractivity contribution in [2.75, 3.05) is 36.7 Å². The molecule has 1 saturated heterocycles. The van der Waals surface area contributed by atoms with E-state index in [1.165, 1.54) is 30.1 Å². The summed E-state index contributed by atoms with van der Waals surface area (Å²) in [6.07, 6.45) is 0.338. The Bertz CT molecular complexity index is 1300. The first-order chi connectivity index (χ1) is 16.6. The molecule has 0 aromatic heterocycles. The van der Waals surface area contributed by atoms with Crippen LogP contribution in [0.15, 0.2) is 42.5 Å². The molecule has 3 amide bonds. The average Bonchev–Trinajstić information content (AvgIpc) is 3.33. The number of sulfone groups is 1. The van der Waals surface area contributed by atoms with Crippen molar-refractivity contribution in [2.24, 2.45) is 0 Å². The van der Waals surface area contributed by atoms with Crippen molar-refractivity contribution in [3.63, 3.8) is 0 Å². The summed E-state index contributed by atoms with van der Waals surface area (Å²) in [5.41, 5.74) is 0.584. The summed E-state index contributed by atoms with van der Waals surface area (Å²) in [4.78, 5) is 53.0. The van der Waals surface area contributed by atoms with Gasteiger partial charge in [0, 0.05) is 13.1 Å². The fourth-order valence-electron chi connectivity index (χ4n) is 4.06. The number of likely N-dealkylation sites (N-methyl/N-ethyl adjacent to an activating group) is 1. The lowest BCUT2D eigenvalue weighted by Gasteiger charge is -2.23. The van der Waals surface area contributed by atoms with Crippen molar-refractivity contribution >= 4 is 39.2 Å². The van der Waals surface area contributed by atoms with Crippen molar-refractivity contribution in [3.8, 4) is 5.75 Å². The molecule has 2 aromatic rings. The van der Waals surface area contributed by atoms with E-state index in [1.807, 2.05) is 6.92 Å². The van der Waals surface area contributed by atoms with E-state index in [0.717, 1.165) is 4.90 Å². The number of rotatable bonds is 7. The number of benzene rings is 2. The Kier molecular flexibility index (Phi) is 6.62. The molecular weight excluding hydrogens is 476 g/mol. The third-order valence-corrected chi connectivity index (χ3v) is 7.75. The highest BCUT2D eigenvalue weighted by molar-refractivity contribution is 7.91. The molecule has 0 aliphatic carbocycles. The molecule has 0 saturated carbocycles. The molecule has 35 heavy (non-hydrogen) atoms. The zero-order chi connectivity index (χ0) is 25.3. The molecule has 2 aliphatic rings. The third-order valence-electron chi connectivity index (χ3n) is 6.00. The van der Waals surface area contributed by atoms with Gasteiger partial charge in [-0.3, -0.25) is 14.4 Å². The lowest BCUT2D eigenvalue weighted by Crippen LogP contribution is -2.40. The van der Waals surface area contributed by atoms with Gasteiger partial charge in [-0.15, -0.1) is 0 Å². The maximum atomic E-state index is 13.0. The van der Waals surface area contributed by atoms with Gasteiger partial charge in [-0.25, -0.2) is 18.1 Å². The minimum Gasteiger partial charge on any atom is -0.494 e. The van der Waals surface area contributed by atoms with Gasteiger partial charge >= 0.3 is 5.97 Å². The Morgan fingerprint density at radius 2 is 1.74 bits per heavy atom. The number of imide groups is 1. The number of carbonyl (C=O) groups excluding carboxylic acids is 4. The summed E-state index contributed by atoms with van der Waals surface area (Å²) >= 11 is 0. The Morgan fingerprint density at radius 1 is 1.06 bits per heavy atom. The number of ether oxygens (including phenoxy) is 2. The quantitative estimate of drug-likeness (QED) is 0.415. The number of nitrogens with zero attached hydrogens (tertiary/aromatic N) is 2. The van der Waals surface area contributed by atoms with E-state index in [4.69, 9.17) is 9.47 Å². The first-order valence-electron chi connectivity index (χ1n) is 11.0. The molecule has 0 unspecified atom stereocenters. The van der Waals surface area contributed by atoms with Gasteiger partial charge in [0.05, 0.1) is 40.5 Å². The van der Waals surface area contributed by atoms with Gasteiger partial charge in [-0.1, -0.05) is 0 Å². The highest BCUT2D eigenvalue weighted by Gasteiger charge is 2.37. The van der Waals surface area contributed by atoms with Gasteiger partial charge in [0.15, 0.2) is 16.4 Å². The first kappa shape index (κ1) is 24.4. The number of esters is 1. The van der Waals surface area contributed by atoms with E-state index in [0.29, 0.717) is 24.5 Å². The van der Waals surface area contributed by atoms with Crippen molar-refractivity contribution in [2.45, 2.75) is 19.4 Å². The van der Waals surface area contributed by atoms with Gasteiger partial charge in [0.25, 0.3) is 17.7 Å². The largest absolute Gasteiger partial charge is 0.494 e. The third kappa shape index (κ3) is 4.90. The fourth-order valence-corrected chi connectivity index (χ4v) is 5.83. The van der Waals surface area contributed by atoms with Crippen LogP contribution >= 0.6 is 0 Å². The van der Waals surface area contributed by atoms with Crippen LogP contribution in [0.2, 0.25) is 0 Å². The van der Waals surface area contributed by atoms with Gasteiger partial charge in [0.1, 0.15) is 5.75 Å². The average molecular weight is 501 g/mol. The van der Waals surface area contributed by atoms with E-state index in [-0.39, 0.29) is 28.2 Å². The van der Waals surface area contributed by atoms with Crippen LogP contribution in [0, 0.1) is 0 Å². The normalized spacial score (nSPS) is 18.3. The van der Waals surface area contributed by atoms with E-state index in [2.05, 4.69) is 0 Å². The van der Waals surface area contributed by atoms with Gasteiger partial charge in [0.2, 0.25) is 0 Å². The van der Waals surface area contributed by atoms with Gasteiger partial charge in [-0.2, -0.15) is 0 Å². The summed E-state index contributed by atoms with van der Waals surface area (Å²) in [7, 11) is -1.70. The van der Waals surface area contributed by atoms with Crippen LogP contribution in [0.5, 0.6) is 5.75 Å². The van der Waals surface area contributed by atoms with Crippen molar-refractivity contribution in [1.82, 2.24) is 4.90 Å². The van der Waals surface area contributed by atoms with Crippen LogP contribution in [0.3, 0.4) is 0 Å². The van der Waals surface area contributed by atoms with Crippen LogP contribution in [-0.4, -0.2) is 74.8 Å². The molecule has 11 heteroatoms. The topological polar surface area (TPSA) is 127 Å². The van der Waals surface area contributed by atoms with Crippen LogP contribution in [-0.2, 0) is 19.4 Å². The molecule has 1 fully saturated rings. The van der Waals surface area contributed by atoms with Crippen molar-refractivity contribution in [1.29, 1.82) is 0 Å². The smallest absolute Gasteiger partial charge is 0.338 e. The summed E-state index contributed by atoms with van der Waals surface area (Å²) in [5, 5.41) is 0. The maximum Gasteiger partial charge on any atom is 0.338 e. The minimum atomic E-state index is -3.16. The number of hydrogen-bond donors (Lipinski definition) is 0. The monoisotopic (exact) mass is 500 g/mol.